The second kappa shape index (κ2) is 8.81. The molecule has 13 heteroatoms. The number of nitrogens with one attached hydrogen (secondary N) is 1. The highest BCUT2D eigenvalue weighted by Crippen LogP contribution is 2.30. The standard InChI is InChI=1S/C21H18F2N10O/c22-15-2-1-13(9-14(15)10-24)18-3-4-27-33(18)21(34)32-7-5-31(6-8-32)20-25-11-16(23)19(28-20)17-12-26-30-29-17/h1-2,4,9,11-12,18H,3,5-8H2,(H,26,29,30). The van der Waals surface area contributed by atoms with Crippen molar-refractivity contribution in [3.63, 3.8) is 0 Å². The molecular weight excluding hydrogens is 446 g/mol. The largest absolute Gasteiger partial charge is 0.341 e. The predicted molar refractivity (Wildman–Crippen MR) is 115 cm³/mol. The molecule has 2 aliphatic heterocycles. The summed E-state index contributed by atoms with van der Waals surface area (Å²) in [5.41, 5.74) is 0.882. The molecule has 4 heterocycles. The highest BCUT2D eigenvalue weighted by Gasteiger charge is 2.34. The van der Waals surface area contributed by atoms with Crippen molar-refractivity contribution in [2.45, 2.75) is 12.5 Å². The number of carbonyl (C=O) groups excluding carboxylic acids is 1. The Hall–Kier alpha value is -4.47. The van der Waals surface area contributed by atoms with Gasteiger partial charge in [-0.25, -0.2) is 28.6 Å². The van der Waals surface area contributed by atoms with E-state index in [2.05, 4.69) is 30.5 Å². The van der Waals surface area contributed by atoms with Crippen LogP contribution in [0.1, 0.15) is 23.6 Å². The van der Waals surface area contributed by atoms with E-state index < -0.39 is 17.7 Å². The molecule has 1 N–H and O–H groups in total. The fourth-order valence-electron chi connectivity index (χ4n) is 3.96. The maximum atomic E-state index is 14.2. The Morgan fingerprint density at radius 2 is 1.97 bits per heavy atom. The molecule has 1 aromatic carbocycles. The van der Waals surface area contributed by atoms with Crippen LogP contribution in [0, 0.1) is 23.0 Å². The van der Waals surface area contributed by atoms with E-state index >= 15 is 0 Å². The molecule has 0 aliphatic carbocycles. The number of halogens is 2. The van der Waals surface area contributed by atoms with Gasteiger partial charge in [-0.3, -0.25) is 0 Å². The number of aromatic amines is 1. The molecule has 11 nitrogen and oxygen atoms in total. The Balaban J connectivity index is 1.27. The van der Waals surface area contributed by atoms with E-state index in [1.807, 2.05) is 11.0 Å². The fourth-order valence-corrected chi connectivity index (χ4v) is 3.96. The van der Waals surface area contributed by atoms with Gasteiger partial charge in [0.25, 0.3) is 0 Å². The zero-order valence-corrected chi connectivity index (χ0v) is 17.8. The molecule has 3 aromatic rings. The Morgan fingerprint density at radius 3 is 2.71 bits per heavy atom. The van der Waals surface area contributed by atoms with Gasteiger partial charge >= 0.3 is 6.03 Å². The zero-order valence-electron chi connectivity index (χ0n) is 17.8. The topological polar surface area (TPSA) is 130 Å². The Labute approximate surface area is 192 Å². The number of benzene rings is 1. The molecule has 34 heavy (non-hydrogen) atoms. The number of nitriles is 1. The number of hydrogen-bond acceptors (Lipinski definition) is 8. The van der Waals surface area contributed by atoms with Crippen LogP contribution in [0.5, 0.6) is 0 Å². The first-order valence-corrected chi connectivity index (χ1v) is 10.5. The normalized spacial score (nSPS) is 17.8. The van der Waals surface area contributed by atoms with E-state index in [1.54, 1.807) is 17.2 Å². The summed E-state index contributed by atoms with van der Waals surface area (Å²) < 4.78 is 27.9. The zero-order chi connectivity index (χ0) is 23.7. The molecule has 1 fully saturated rings. The van der Waals surface area contributed by atoms with Gasteiger partial charge in [-0.15, -0.1) is 0 Å². The smallest absolute Gasteiger partial charge is 0.337 e. The van der Waals surface area contributed by atoms with Crippen LogP contribution in [0.3, 0.4) is 0 Å². The van der Waals surface area contributed by atoms with Crippen molar-refractivity contribution in [1.82, 2.24) is 35.3 Å². The van der Waals surface area contributed by atoms with Crippen molar-refractivity contribution in [1.29, 1.82) is 5.26 Å². The number of hydrogen-bond donors (Lipinski definition) is 1. The van der Waals surface area contributed by atoms with E-state index in [0.29, 0.717) is 44.1 Å². The minimum Gasteiger partial charge on any atom is -0.337 e. The van der Waals surface area contributed by atoms with Gasteiger partial charge in [0.15, 0.2) is 5.82 Å². The molecule has 1 unspecified atom stereocenters. The number of hydrazone groups is 1. The first kappa shape index (κ1) is 21.4. The van der Waals surface area contributed by atoms with Gasteiger partial charge in [-0.2, -0.15) is 25.8 Å². The van der Waals surface area contributed by atoms with E-state index in [9.17, 15) is 13.6 Å². The second-order valence-electron chi connectivity index (χ2n) is 7.72. The van der Waals surface area contributed by atoms with Crippen LogP contribution in [0.25, 0.3) is 11.4 Å². The lowest BCUT2D eigenvalue weighted by Gasteiger charge is -2.37. The highest BCUT2D eigenvalue weighted by atomic mass is 19.1. The summed E-state index contributed by atoms with van der Waals surface area (Å²) in [6.45, 7) is 1.63. The SMILES string of the molecule is N#Cc1cc(C2CC=NN2C(=O)N2CCN(c3ncc(F)c(-c4cn[nH]n4)n3)CC2)ccc1F. The maximum absolute atomic E-state index is 14.2. The third kappa shape index (κ3) is 3.90. The number of urea groups is 1. The van der Waals surface area contributed by atoms with Crippen molar-refractivity contribution < 1.29 is 13.6 Å². The Kier molecular flexibility index (Phi) is 5.54. The van der Waals surface area contributed by atoms with Crippen LogP contribution in [0.4, 0.5) is 19.5 Å². The van der Waals surface area contributed by atoms with Gasteiger partial charge in [-0.05, 0) is 17.7 Å². The Bertz CT molecular complexity index is 1280. The quantitative estimate of drug-likeness (QED) is 0.628. The van der Waals surface area contributed by atoms with Crippen LogP contribution >= 0.6 is 0 Å². The maximum Gasteiger partial charge on any atom is 0.341 e. The number of rotatable bonds is 3. The minimum absolute atomic E-state index is 0.0440. The average molecular weight is 464 g/mol. The number of piperazine rings is 1. The van der Waals surface area contributed by atoms with E-state index in [-0.39, 0.29) is 23.0 Å². The highest BCUT2D eigenvalue weighted by molar-refractivity contribution is 5.79. The molecule has 5 rings (SSSR count). The first-order chi connectivity index (χ1) is 16.5. The van der Waals surface area contributed by atoms with Gasteiger partial charge in [0.2, 0.25) is 5.95 Å². The van der Waals surface area contributed by atoms with Gasteiger partial charge in [0.1, 0.15) is 23.3 Å². The molecule has 0 bridgehead atoms. The Morgan fingerprint density at radius 1 is 1.15 bits per heavy atom. The van der Waals surface area contributed by atoms with Crippen LogP contribution in [-0.4, -0.2) is 73.7 Å². The summed E-state index contributed by atoms with van der Waals surface area (Å²) in [6, 6.07) is 5.36. The third-order valence-electron chi connectivity index (χ3n) is 5.74. The summed E-state index contributed by atoms with van der Waals surface area (Å²) in [5, 5.41) is 24.7. The van der Waals surface area contributed by atoms with Gasteiger partial charge in [0.05, 0.1) is 24.0 Å². The predicted octanol–water partition coefficient (Wildman–Crippen LogP) is 2.09. The lowest BCUT2D eigenvalue weighted by molar-refractivity contribution is 0.139. The van der Waals surface area contributed by atoms with E-state index in [4.69, 9.17) is 5.26 Å². The number of H-pyrrole nitrogens is 1. The number of nitrogens with zero attached hydrogens (tertiary/aromatic N) is 9. The molecule has 172 valence electrons. The summed E-state index contributed by atoms with van der Waals surface area (Å²) in [5.74, 6) is -0.877. The van der Waals surface area contributed by atoms with E-state index in [1.165, 1.54) is 23.3 Å². The minimum atomic E-state index is -0.607. The number of aromatic nitrogens is 5. The third-order valence-corrected chi connectivity index (χ3v) is 5.74. The van der Waals surface area contributed by atoms with Crippen molar-refractivity contribution >= 4 is 18.2 Å². The van der Waals surface area contributed by atoms with Crippen LogP contribution in [0.2, 0.25) is 0 Å². The number of anilines is 1. The molecule has 2 amide bonds. The van der Waals surface area contributed by atoms with Gasteiger partial charge in [0, 0.05) is 38.8 Å². The molecule has 2 aromatic heterocycles. The summed E-state index contributed by atoms with van der Waals surface area (Å²) in [4.78, 5) is 25.1. The van der Waals surface area contributed by atoms with Gasteiger partial charge < -0.3 is 9.80 Å². The fraction of sp³-hybridized carbons (Fsp3) is 0.286. The molecule has 2 aliphatic rings. The lowest BCUT2D eigenvalue weighted by atomic mass is 10.0. The first-order valence-electron chi connectivity index (χ1n) is 10.5. The van der Waals surface area contributed by atoms with Crippen molar-refractivity contribution in [3.8, 4) is 17.5 Å². The molecule has 1 saturated heterocycles. The van der Waals surface area contributed by atoms with Crippen LogP contribution < -0.4 is 4.90 Å². The van der Waals surface area contributed by atoms with E-state index in [0.717, 1.165) is 6.20 Å². The second-order valence-corrected chi connectivity index (χ2v) is 7.72. The molecule has 0 radical (unpaired) electrons. The molecular formula is C21H18F2N10O. The summed E-state index contributed by atoms with van der Waals surface area (Å²) in [7, 11) is 0. The summed E-state index contributed by atoms with van der Waals surface area (Å²) in [6.07, 6.45) is 4.56. The molecule has 0 spiro atoms. The summed E-state index contributed by atoms with van der Waals surface area (Å²) >= 11 is 0. The number of carbonyl (C=O) groups is 1. The van der Waals surface area contributed by atoms with Crippen molar-refractivity contribution in [3.05, 3.63) is 53.4 Å². The molecule has 1 atom stereocenters. The molecule has 0 saturated carbocycles. The van der Waals surface area contributed by atoms with Crippen LogP contribution in [0.15, 0.2) is 35.7 Å². The lowest BCUT2D eigenvalue weighted by Crippen LogP contribution is -2.52. The number of amides is 2. The average Bonchev–Trinajstić information content (AvgIpc) is 3.57. The van der Waals surface area contributed by atoms with Gasteiger partial charge in [-0.1, -0.05) is 6.07 Å². The van der Waals surface area contributed by atoms with Crippen LogP contribution in [-0.2, 0) is 0 Å². The van der Waals surface area contributed by atoms with Crippen molar-refractivity contribution in [2.24, 2.45) is 5.10 Å². The monoisotopic (exact) mass is 464 g/mol. The van der Waals surface area contributed by atoms with Crippen molar-refractivity contribution in [2.75, 3.05) is 31.1 Å².